The summed E-state index contributed by atoms with van der Waals surface area (Å²) in [5.41, 5.74) is 3.39. The summed E-state index contributed by atoms with van der Waals surface area (Å²) in [5.74, 6) is -1.15. The van der Waals surface area contributed by atoms with Crippen molar-refractivity contribution in [1.29, 1.82) is 0 Å². The quantitative estimate of drug-likeness (QED) is 0.836. The molecule has 0 saturated heterocycles. The second kappa shape index (κ2) is 7.41. The molecule has 0 aliphatic rings. The van der Waals surface area contributed by atoms with Gasteiger partial charge in [-0.15, -0.1) is 0 Å². The fourth-order valence-corrected chi connectivity index (χ4v) is 2.82. The molecule has 2 rings (SSSR count). The molecule has 0 aliphatic carbocycles. The number of aryl methyl sites for hydroxylation is 1. The number of benzene rings is 2. The van der Waals surface area contributed by atoms with Crippen LogP contribution in [0.1, 0.15) is 23.6 Å². The smallest absolute Gasteiger partial charge is 0.307 e. The molecule has 0 spiro atoms. The summed E-state index contributed by atoms with van der Waals surface area (Å²) < 4.78 is 0.970. The molecular formula is C18H19BrO2. The normalized spacial score (nSPS) is 12.1. The monoisotopic (exact) mass is 346 g/mol. The Labute approximate surface area is 134 Å². The highest BCUT2D eigenvalue weighted by atomic mass is 79.9. The molecule has 2 nitrogen and oxygen atoms in total. The van der Waals surface area contributed by atoms with Crippen LogP contribution in [0.3, 0.4) is 0 Å². The Bertz CT molecular complexity index is 605. The largest absolute Gasteiger partial charge is 0.481 e. The molecule has 2 aromatic carbocycles. The molecular weight excluding hydrogens is 328 g/mol. The number of hydrogen-bond donors (Lipinski definition) is 1. The van der Waals surface area contributed by atoms with Gasteiger partial charge in [0, 0.05) is 4.47 Å². The van der Waals surface area contributed by atoms with E-state index in [-0.39, 0.29) is 0 Å². The van der Waals surface area contributed by atoms with E-state index in [1.807, 2.05) is 36.4 Å². The summed E-state index contributed by atoms with van der Waals surface area (Å²) in [5, 5.41) is 9.47. The van der Waals surface area contributed by atoms with E-state index in [1.54, 1.807) is 0 Å². The molecule has 21 heavy (non-hydrogen) atoms. The molecule has 0 saturated carbocycles. The number of aliphatic carboxylic acids is 1. The summed E-state index contributed by atoms with van der Waals surface area (Å²) in [7, 11) is 0. The third kappa shape index (κ3) is 4.43. The van der Waals surface area contributed by atoms with Crippen molar-refractivity contribution in [2.45, 2.75) is 26.2 Å². The van der Waals surface area contributed by atoms with Gasteiger partial charge in [-0.05, 0) is 42.0 Å². The summed E-state index contributed by atoms with van der Waals surface area (Å²) in [4.78, 5) is 11.5. The van der Waals surface area contributed by atoms with Crippen LogP contribution >= 0.6 is 15.9 Å². The van der Waals surface area contributed by atoms with E-state index in [0.29, 0.717) is 12.8 Å². The first kappa shape index (κ1) is 15.8. The average Bonchev–Trinajstić information content (AvgIpc) is 2.49. The zero-order chi connectivity index (χ0) is 15.2. The van der Waals surface area contributed by atoms with Gasteiger partial charge in [0.2, 0.25) is 0 Å². The number of hydrogen-bond acceptors (Lipinski definition) is 1. The highest BCUT2D eigenvalue weighted by Crippen LogP contribution is 2.22. The predicted octanol–water partition coefficient (Wildman–Crippen LogP) is 4.50. The maximum absolute atomic E-state index is 11.5. The third-order valence-corrected chi connectivity index (χ3v) is 4.46. The lowest BCUT2D eigenvalue weighted by molar-refractivity contribution is -0.141. The van der Waals surface area contributed by atoms with Crippen LogP contribution in [0.4, 0.5) is 0 Å². The number of halogens is 1. The zero-order valence-electron chi connectivity index (χ0n) is 12.1. The summed E-state index contributed by atoms with van der Waals surface area (Å²) in [6.07, 6.45) is 2.09. The molecule has 2 aromatic rings. The minimum Gasteiger partial charge on any atom is -0.481 e. The molecule has 1 N–H and O–H groups in total. The van der Waals surface area contributed by atoms with Crippen molar-refractivity contribution in [3.8, 4) is 0 Å². The van der Waals surface area contributed by atoms with Crippen LogP contribution < -0.4 is 0 Å². The molecule has 0 heterocycles. The molecule has 110 valence electrons. The van der Waals surface area contributed by atoms with Gasteiger partial charge >= 0.3 is 5.97 Å². The first-order valence-electron chi connectivity index (χ1n) is 7.14. The van der Waals surface area contributed by atoms with Crippen molar-refractivity contribution in [1.82, 2.24) is 0 Å². The van der Waals surface area contributed by atoms with E-state index in [1.165, 1.54) is 5.56 Å². The summed E-state index contributed by atoms with van der Waals surface area (Å²) in [6, 6.07) is 16.0. The van der Waals surface area contributed by atoms with Crippen LogP contribution in [0, 0.1) is 5.92 Å². The van der Waals surface area contributed by atoms with Crippen LogP contribution in [0.25, 0.3) is 0 Å². The van der Waals surface area contributed by atoms with E-state index >= 15 is 0 Å². The molecule has 0 radical (unpaired) electrons. The fraction of sp³-hybridized carbons (Fsp3) is 0.278. The standard InChI is InChI=1S/C18H19BrO2/c1-2-13-7-9-14(10-8-13)11-16(18(20)21)12-15-5-3-4-6-17(15)19/h3-10,16H,2,11-12H2,1H3,(H,20,21). The first-order valence-corrected chi connectivity index (χ1v) is 7.93. The highest BCUT2D eigenvalue weighted by Gasteiger charge is 2.19. The Kier molecular flexibility index (Phi) is 5.57. The first-order chi connectivity index (χ1) is 10.1. The van der Waals surface area contributed by atoms with Crippen molar-refractivity contribution in [2.24, 2.45) is 5.92 Å². The Morgan fingerprint density at radius 2 is 1.67 bits per heavy atom. The maximum Gasteiger partial charge on any atom is 0.307 e. The molecule has 1 atom stereocenters. The minimum atomic E-state index is -0.745. The molecule has 0 aliphatic heterocycles. The number of carboxylic acid groups (broad SMARTS) is 1. The second-order valence-corrected chi connectivity index (χ2v) is 6.06. The van der Waals surface area contributed by atoms with Crippen LogP contribution in [0.15, 0.2) is 53.0 Å². The second-order valence-electron chi connectivity index (χ2n) is 5.20. The number of rotatable bonds is 6. The SMILES string of the molecule is CCc1ccc(CC(Cc2ccccc2Br)C(=O)O)cc1. The lowest BCUT2D eigenvalue weighted by atomic mass is 9.92. The van der Waals surface area contributed by atoms with Gasteiger partial charge < -0.3 is 5.11 Å². The lowest BCUT2D eigenvalue weighted by Gasteiger charge is -2.14. The van der Waals surface area contributed by atoms with Crippen LogP contribution in [0.2, 0.25) is 0 Å². The van der Waals surface area contributed by atoms with E-state index in [9.17, 15) is 9.90 Å². The van der Waals surface area contributed by atoms with Crippen molar-refractivity contribution < 1.29 is 9.90 Å². The van der Waals surface area contributed by atoms with Crippen LogP contribution in [-0.2, 0) is 24.1 Å². The topological polar surface area (TPSA) is 37.3 Å². The van der Waals surface area contributed by atoms with Gasteiger partial charge in [-0.25, -0.2) is 0 Å². The predicted molar refractivity (Wildman–Crippen MR) is 88.5 cm³/mol. The van der Waals surface area contributed by atoms with Gasteiger partial charge in [0.1, 0.15) is 0 Å². The van der Waals surface area contributed by atoms with Gasteiger partial charge in [0.15, 0.2) is 0 Å². The van der Waals surface area contributed by atoms with Gasteiger partial charge in [0.05, 0.1) is 5.92 Å². The molecule has 0 amide bonds. The summed E-state index contributed by atoms with van der Waals surface area (Å²) >= 11 is 3.49. The Balaban J connectivity index is 2.12. The van der Waals surface area contributed by atoms with Gasteiger partial charge in [0.25, 0.3) is 0 Å². The van der Waals surface area contributed by atoms with E-state index in [0.717, 1.165) is 22.0 Å². The molecule has 0 fully saturated rings. The fourth-order valence-electron chi connectivity index (χ4n) is 2.37. The molecule has 0 aromatic heterocycles. The highest BCUT2D eigenvalue weighted by molar-refractivity contribution is 9.10. The number of carbonyl (C=O) groups is 1. The maximum atomic E-state index is 11.5. The van der Waals surface area contributed by atoms with Crippen molar-refractivity contribution >= 4 is 21.9 Å². The van der Waals surface area contributed by atoms with Crippen molar-refractivity contribution in [2.75, 3.05) is 0 Å². The van der Waals surface area contributed by atoms with Gasteiger partial charge in [-0.3, -0.25) is 4.79 Å². The third-order valence-electron chi connectivity index (χ3n) is 3.69. The Hall–Kier alpha value is -1.61. The van der Waals surface area contributed by atoms with E-state index in [2.05, 4.69) is 35.0 Å². The van der Waals surface area contributed by atoms with Crippen LogP contribution in [0.5, 0.6) is 0 Å². The minimum absolute atomic E-state index is 0.406. The zero-order valence-corrected chi connectivity index (χ0v) is 13.6. The Morgan fingerprint density at radius 1 is 1.05 bits per heavy atom. The van der Waals surface area contributed by atoms with E-state index in [4.69, 9.17) is 0 Å². The lowest BCUT2D eigenvalue weighted by Crippen LogP contribution is -2.19. The van der Waals surface area contributed by atoms with Crippen molar-refractivity contribution in [3.05, 3.63) is 69.7 Å². The molecule has 0 bridgehead atoms. The molecule has 1 unspecified atom stereocenters. The van der Waals surface area contributed by atoms with E-state index < -0.39 is 11.9 Å². The summed E-state index contributed by atoms with van der Waals surface area (Å²) in [6.45, 7) is 2.11. The van der Waals surface area contributed by atoms with Gasteiger partial charge in [-0.2, -0.15) is 0 Å². The van der Waals surface area contributed by atoms with Crippen molar-refractivity contribution in [3.63, 3.8) is 0 Å². The average molecular weight is 347 g/mol. The Morgan fingerprint density at radius 3 is 2.24 bits per heavy atom. The van der Waals surface area contributed by atoms with Gasteiger partial charge in [-0.1, -0.05) is 65.3 Å². The molecule has 3 heteroatoms. The number of carboxylic acids is 1. The van der Waals surface area contributed by atoms with Crippen LogP contribution in [-0.4, -0.2) is 11.1 Å².